The van der Waals surface area contributed by atoms with E-state index in [1.54, 1.807) is 13.4 Å². The molecule has 2 aromatic carbocycles. The molecule has 0 saturated carbocycles. The van der Waals surface area contributed by atoms with Gasteiger partial charge in [0.15, 0.2) is 16.6 Å². The van der Waals surface area contributed by atoms with Crippen LogP contribution in [0.15, 0.2) is 47.6 Å². The fourth-order valence-electron chi connectivity index (χ4n) is 6.84. The molecule has 3 saturated heterocycles. The number of hydrogen-bond acceptors (Lipinski definition) is 9. The normalized spacial score (nSPS) is 20.0. The molecule has 2 aromatic heterocycles. The van der Waals surface area contributed by atoms with Crippen molar-refractivity contribution in [2.24, 2.45) is 0 Å². The predicted molar refractivity (Wildman–Crippen MR) is 194 cm³/mol. The van der Waals surface area contributed by atoms with Crippen LogP contribution in [0.1, 0.15) is 26.2 Å². The molecule has 3 fully saturated rings. The molecule has 2 N–H and O–H groups in total. The van der Waals surface area contributed by atoms with E-state index in [0.29, 0.717) is 49.8 Å². The maximum absolute atomic E-state index is 12.9. The van der Waals surface area contributed by atoms with E-state index in [-0.39, 0.29) is 0 Å². The largest absolute Gasteiger partial charge is 0.493 e. The van der Waals surface area contributed by atoms with Gasteiger partial charge in [-0.15, -0.1) is 0 Å². The zero-order valence-electron chi connectivity index (χ0n) is 27.7. The fourth-order valence-corrected chi connectivity index (χ4v) is 8.29. The third-order valence-electron chi connectivity index (χ3n) is 9.57. The Morgan fingerprint density at radius 3 is 2.58 bits per heavy atom. The van der Waals surface area contributed by atoms with E-state index in [0.717, 1.165) is 83.2 Å². The first-order chi connectivity index (χ1) is 23.5. The summed E-state index contributed by atoms with van der Waals surface area (Å²) in [7, 11) is 0.493. The number of methoxy groups -OCH3 is 1. The number of nitrogens with zero attached hydrogens (tertiary/aromatic N) is 6. The summed E-state index contributed by atoms with van der Waals surface area (Å²) in [5.41, 5.74) is 2.61. The molecule has 12 nitrogen and oxygen atoms in total. The average molecular weight is 693 g/mol. The van der Waals surface area contributed by atoms with Crippen molar-refractivity contribution in [3.05, 3.63) is 42.7 Å². The lowest BCUT2D eigenvalue weighted by molar-refractivity contribution is 0.0752. The summed E-state index contributed by atoms with van der Waals surface area (Å²) in [6.07, 6.45) is 5.17. The van der Waals surface area contributed by atoms with E-state index < -0.39 is 11.0 Å². The second kappa shape index (κ2) is 14.9. The first-order valence-corrected chi connectivity index (χ1v) is 18.4. The number of nitrogens with one attached hydrogen (secondary N) is 2. The number of piperazine rings is 1. The van der Waals surface area contributed by atoms with Crippen molar-refractivity contribution in [2.75, 3.05) is 89.5 Å². The van der Waals surface area contributed by atoms with Gasteiger partial charge < -0.3 is 39.2 Å². The van der Waals surface area contributed by atoms with E-state index in [2.05, 4.69) is 36.9 Å². The van der Waals surface area contributed by atoms with Crippen LogP contribution in [0.25, 0.3) is 21.9 Å². The van der Waals surface area contributed by atoms with E-state index in [4.69, 9.17) is 31.4 Å². The van der Waals surface area contributed by atoms with Crippen molar-refractivity contribution in [2.45, 2.75) is 37.1 Å². The lowest BCUT2D eigenvalue weighted by Crippen LogP contribution is -2.50. The molecule has 3 aliphatic rings. The molecule has 7 rings (SSSR count). The van der Waals surface area contributed by atoms with Crippen LogP contribution in [-0.4, -0.2) is 124 Å². The predicted octanol–water partition coefficient (Wildman–Crippen LogP) is 4.25. The molecule has 2 unspecified atom stereocenters. The number of aromatic amines is 1. The minimum atomic E-state index is -1.19. The summed E-state index contributed by atoms with van der Waals surface area (Å²) in [5.74, 6) is 2.33. The van der Waals surface area contributed by atoms with Gasteiger partial charge in [-0.1, -0.05) is 0 Å². The summed E-state index contributed by atoms with van der Waals surface area (Å²) in [6, 6.07) is 12.4. The van der Waals surface area contributed by atoms with Gasteiger partial charge in [0.25, 0.3) is 0 Å². The van der Waals surface area contributed by atoms with E-state index >= 15 is 0 Å². The quantitative estimate of drug-likeness (QED) is 0.184. The van der Waals surface area contributed by atoms with Gasteiger partial charge in [0.05, 0.1) is 42.7 Å². The molecule has 0 bridgehead atoms. The molecular formula is C34H44N8O4S2. The Kier molecular flexibility index (Phi) is 10.2. The zero-order valence-corrected chi connectivity index (χ0v) is 29.3. The van der Waals surface area contributed by atoms with Gasteiger partial charge in [-0.05, 0) is 75.3 Å². The number of H-pyrrole nitrogens is 1. The number of likely N-dealkylation sites (tertiary alicyclic amines) is 1. The molecule has 3 aliphatic heterocycles. The van der Waals surface area contributed by atoms with E-state index in [1.165, 1.54) is 19.4 Å². The Morgan fingerprint density at radius 1 is 1.06 bits per heavy atom. The molecule has 256 valence electrons. The number of morpholine rings is 1. The molecule has 0 spiro atoms. The molecule has 0 radical (unpaired) electrons. The number of thiocarbonyl (C=S) groups is 1. The minimum absolute atomic E-state index is 0.612. The minimum Gasteiger partial charge on any atom is -0.493 e. The highest BCUT2D eigenvalue weighted by atomic mass is 32.2. The lowest BCUT2D eigenvalue weighted by atomic mass is 10.1. The standard InChI is InChI=1S/C34H44N8O4S2/c1-24-5-3-10-39(24)11-4-18-46-30-22-28-27(21-29(30)44-2)31-32(38-28)35-23-36-33(31)40-12-14-41(15-13-40)34(47)37-25-6-8-26(9-7-25)48(43)42-16-19-45-20-17-42/h6-9,21-24H,3-5,10-20H2,1-2H3,(H,37,47)(H,35,36,38). The summed E-state index contributed by atoms with van der Waals surface area (Å²) in [6.45, 7) is 10.8. The van der Waals surface area contributed by atoms with Crippen LogP contribution >= 0.6 is 12.2 Å². The van der Waals surface area contributed by atoms with Gasteiger partial charge in [0.2, 0.25) is 0 Å². The third kappa shape index (κ3) is 7.08. The molecule has 2 atom stereocenters. The van der Waals surface area contributed by atoms with Crippen LogP contribution in [0.5, 0.6) is 11.5 Å². The Bertz CT molecular complexity index is 1760. The Hall–Kier alpha value is -3.56. The number of anilines is 2. The van der Waals surface area contributed by atoms with Crippen LogP contribution in [0, 0.1) is 0 Å². The maximum Gasteiger partial charge on any atom is 0.173 e. The Morgan fingerprint density at radius 2 is 1.85 bits per heavy atom. The van der Waals surface area contributed by atoms with Crippen molar-refractivity contribution < 1.29 is 18.4 Å². The number of hydrogen-bond donors (Lipinski definition) is 2. The number of rotatable bonds is 10. The van der Waals surface area contributed by atoms with Crippen LogP contribution in [0.4, 0.5) is 11.5 Å². The number of fused-ring (bicyclic) bond motifs is 3. The van der Waals surface area contributed by atoms with Gasteiger partial charge in [0, 0.05) is 69.0 Å². The highest BCUT2D eigenvalue weighted by molar-refractivity contribution is 7.82. The van der Waals surface area contributed by atoms with E-state index in [9.17, 15) is 4.21 Å². The summed E-state index contributed by atoms with van der Waals surface area (Å²) in [5, 5.41) is 6.02. The average Bonchev–Trinajstić information content (AvgIpc) is 3.72. The molecule has 14 heteroatoms. The van der Waals surface area contributed by atoms with Crippen LogP contribution < -0.4 is 19.7 Å². The van der Waals surface area contributed by atoms with Gasteiger partial charge >= 0.3 is 0 Å². The second-order valence-corrected chi connectivity index (χ2v) is 14.4. The third-order valence-corrected chi connectivity index (χ3v) is 11.4. The van der Waals surface area contributed by atoms with Crippen molar-refractivity contribution in [3.8, 4) is 11.5 Å². The van der Waals surface area contributed by atoms with Crippen molar-refractivity contribution in [1.29, 1.82) is 0 Å². The maximum atomic E-state index is 12.9. The van der Waals surface area contributed by atoms with Crippen LogP contribution in [0.3, 0.4) is 0 Å². The first-order valence-electron chi connectivity index (χ1n) is 16.9. The lowest BCUT2D eigenvalue weighted by Gasteiger charge is -2.37. The molecule has 4 aromatic rings. The zero-order chi connectivity index (χ0) is 33.0. The molecule has 0 amide bonds. The van der Waals surface area contributed by atoms with Gasteiger partial charge in [-0.3, -0.25) is 0 Å². The second-order valence-electron chi connectivity index (χ2n) is 12.5. The monoisotopic (exact) mass is 692 g/mol. The van der Waals surface area contributed by atoms with E-state index in [1.807, 2.05) is 40.7 Å². The van der Waals surface area contributed by atoms with Gasteiger partial charge in [-0.25, -0.2) is 18.5 Å². The molecular weight excluding hydrogens is 649 g/mol. The van der Waals surface area contributed by atoms with Crippen LogP contribution in [0.2, 0.25) is 0 Å². The van der Waals surface area contributed by atoms with Crippen molar-refractivity contribution >= 4 is 61.8 Å². The summed E-state index contributed by atoms with van der Waals surface area (Å²) >= 11 is 5.79. The van der Waals surface area contributed by atoms with Crippen molar-refractivity contribution in [3.63, 3.8) is 0 Å². The highest BCUT2D eigenvalue weighted by Crippen LogP contribution is 2.38. The number of aromatic nitrogens is 3. The molecule has 5 heterocycles. The Balaban J connectivity index is 0.983. The van der Waals surface area contributed by atoms with Gasteiger partial charge in [0.1, 0.15) is 28.8 Å². The number of ether oxygens (including phenoxy) is 3. The topological polar surface area (TPSA) is 111 Å². The number of benzene rings is 2. The van der Waals surface area contributed by atoms with Crippen molar-refractivity contribution in [1.82, 2.24) is 29.1 Å². The summed E-state index contributed by atoms with van der Waals surface area (Å²) in [4.78, 5) is 20.6. The summed E-state index contributed by atoms with van der Waals surface area (Å²) < 4.78 is 32.2. The molecule has 0 aliphatic carbocycles. The Labute approximate surface area is 289 Å². The molecule has 48 heavy (non-hydrogen) atoms. The van der Waals surface area contributed by atoms with Crippen LogP contribution in [-0.2, 0) is 15.7 Å². The first kappa shape index (κ1) is 33.0. The smallest absolute Gasteiger partial charge is 0.173 e. The fraction of sp³-hybridized carbons (Fsp3) is 0.500. The van der Waals surface area contributed by atoms with Gasteiger partial charge in [-0.2, -0.15) is 0 Å². The SMILES string of the molecule is COc1cc2c(cc1OCCCN1CCCC1C)[nH]c1ncnc(N3CCN(C(=S)Nc4ccc(S(=O)N5CCOCC5)cc4)CC3)c12. The highest BCUT2D eigenvalue weighted by Gasteiger charge is 2.25.